The zero-order chi connectivity index (χ0) is 14.7. The minimum atomic E-state index is 0.226. The van der Waals surface area contributed by atoms with Crippen molar-refractivity contribution in [3.05, 3.63) is 47.5 Å². The summed E-state index contributed by atoms with van der Waals surface area (Å²) in [6.45, 7) is 0.226. The van der Waals surface area contributed by atoms with Crippen LogP contribution >= 0.6 is 0 Å². The van der Waals surface area contributed by atoms with Crippen LogP contribution in [0.15, 0.2) is 36.4 Å². The predicted octanol–water partition coefficient (Wildman–Crippen LogP) is 3.30. The fourth-order valence-corrected chi connectivity index (χ4v) is 2.45. The van der Waals surface area contributed by atoms with E-state index in [-0.39, 0.29) is 12.5 Å². The van der Waals surface area contributed by atoms with Crippen LogP contribution in [-0.4, -0.2) is 19.0 Å². The Kier molecular flexibility index (Phi) is 3.86. The number of ether oxygens (including phenoxy) is 3. The van der Waals surface area contributed by atoms with E-state index in [1.165, 1.54) is 5.56 Å². The molecule has 0 bridgehead atoms. The first-order chi connectivity index (χ1) is 10.3. The maximum Gasteiger partial charge on any atom is 0.231 e. The van der Waals surface area contributed by atoms with Gasteiger partial charge in [0.05, 0.1) is 7.11 Å². The third-order valence-corrected chi connectivity index (χ3v) is 3.64. The Morgan fingerprint density at radius 2 is 1.76 bits per heavy atom. The summed E-state index contributed by atoms with van der Waals surface area (Å²) in [6.07, 6.45) is 2.71. The van der Waals surface area contributed by atoms with Gasteiger partial charge in [-0.2, -0.15) is 0 Å². The van der Waals surface area contributed by atoms with Gasteiger partial charge >= 0.3 is 0 Å². The van der Waals surface area contributed by atoms with Gasteiger partial charge in [-0.3, -0.25) is 0 Å². The molecule has 0 saturated carbocycles. The summed E-state index contributed by atoms with van der Waals surface area (Å²) in [7, 11) is 1.66. The second-order valence-electron chi connectivity index (χ2n) is 5.04. The maximum atomic E-state index is 9.99. The summed E-state index contributed by atoms with van der Waals surface area (Å²) in [4.78, 5) is 0. The standard InChI is InChI=1S/C17H18O4/c1-19-14-7-5-12(6-8-14)3-2-4-13-9-16-17(10-15(13)18)21-11-20-16/h5-10,18H,2-4,11H2,1H3. The molecular formula is C17H18O4. The fourth-order valence-electron chi connectivity index (χ4n) is 2.45. The van der Waals surface area contributed by atoms with E-state index in [0.29, 0.717) is 11.5 Å². The summed E-state index contributed by atoms with van der Waals surface area (Å²) >= 11 is 0. The van der Waals surface area contributed by atoms with Crippen LogP contribution < -0.4 is 14.2 Å². The van der Waals surface area contributed by atoms with Crippen LogP contribution in [0.4, 0.5) is 0 Å². The Hall–Kier alpha value is -2.36. The lowest BCUT2D eigenvalue weighted by Gasteiger charge is -2.07. The van der Waals surface area contributed by atoms with E-state index in [9.17, 15) is 5.11 Å². The Balaban J connectivity index is 1.60. The van der Waals surface area contributed by atoms with Gasteiger partial charge in [0.1, 0.15) is 11.5 Å². The molecule has 1 aliphatic heterocycles. The van der Waals surface area contributed by atoms with Crippen LogP contribution in [0.25, 0.3) is 0 Å². The second kappa shape index (κ2) is 5.95. The average Bonchev–Trinajstić information content (AvgIpc) is 2.95. The topological polar surface area (TPSA) is 47.9 Å². The van der Waals surface area contributed by atoms with Crippen molar-refractivity contribution in [3.8, 4) is 23.0 Å². The Labute approximate surface area is 123 Å². The van der Waals surface area contributed by atoms with Crippen LogP contribution in [0.3, 0.4) is 0 Å². The fraction of sp³-hybridized carbons (Fsp3) is 0.294. The van der Waals surface area contributed by atoms with Crippen molar-refractivity contribution in [2.45, 2.75) is 19.3 Å². The van der Waals surface area contributed by atoms with E-state index in [1.807, 2.05) is 18.2 Å². The van der Waals surface area contributed by atoms with Crippen molar-refractivity contribution < 1.29 is 19.3 Å². The lowest BCUT2D eigenvalue weighted by molar-refractivity contribution is 0.174. The van der Waals surface area contributed by atoms with Gasteiger partial charge in [-0.15, -0.1) is 0 Å². The minimum absolute atomic E-state index is 0.226. The number of aryl methyl sites for hydroxylation is 2. The molecule has 2 aromatic carbocycles. The highest BCUT2D eigenvalue weighted by molar-refractivity contribution is 5.51. The van der Waals surface area contributed by atoms with Crippen LogP contribution in [0.2, 0.25) is 0 Å². The highest BCUT2D eigenvalue weighted by atomic mass is 16.7. The predicted molar refractivity (Wildman–Crippen MR) is 79.2 cm³/mol. The van der Waals surface area contributed by atoms with Crippen LogP contribution in [-0.2, 0) is 12.8 Å². The van der Waals surface area contributed by atoms with E-state index in [4.69, 9.17) is 14.2 Å². The Bertz CT molecular complexity index is 619. The molecule has 1 heterocycles. The van der Waals surface area contributed by atoms with Gasteiger partial charge in [-0.1, -0.05) is 12.1 Å². The molecule has 0 spiro atoms. The van der Waals surface area contributed by atoms with Crippen LogP contribution in [0.1, 0.15) is 17.5 Å². The maximum absolute atomic E-state index is 9.99. The Morgan fingerprint density at radius 1 is 1.05 bits per heavy atom. The van der Waals surface area contributed by atoms with Crippen molar-refractivity contribution in [2.75, 3.05) is 13.9 Å². The van der Waals surface area contributed by atoms with Gasteiger partial charge in [0, 0.05) is 6.07 Å². The number of hydrogen-bond donors (Lipinski definition) is 1. The smallest absolute Gasteiger partial charge is 0.231 e. The first-order valence-electron chi connectivity index (χ1n) is 7.00. The molecule has 0 unspecified atom stereocenters. The molecule has 0 radical (unpaired) electrons. The van der Waals surface area contributed by atoms with Crippen LogP contribution in [0.5, 0.6) is 23.0 Å². The highest BCUT2D eigenvalue weighted by Crippen LogP contribution is 2.38. The third-order valence-electron chi connectivity index (χ3n) is 3.64. The molecule has 0 amide bonds. The number of phenolic OH excluding ortho intramolecular Hbond substituents is 1. The largest absolute Gasteiger partial charge is 0.508 e. The van der Waals surface area contributed by atoms with E-state index >= 15 is 0 Å². The SMILES string of the molecule is COc1ccc(CCCc2cc3c(cc2O)OCO3)cc1. The summed E-state index contributed by atoms with van der Waals surface area (Å²) < 4.78 is 15.7. The van der Waals surface area contributed by atoms with Crippen molar-refractivity contribution in [3.63, 3.8) is 0 Å². The lowest BCUT2D eigenvalue weighted by Crippen LogP contribution is -1.93. The quantitative estimate of drug-likeness (QED) is 0.916. The molecule has 21 heavy (non-hydrogen) atoms. The molecule has 110 valence electrons. The molecule has 0 saturated heterocycles. The van der Waals surface area contributed by atoms with E-state index in [1.54, 1.807) is 13.2 Å². The Morgan fingerprint density at radius 3 is 2.48 bits per heavy atom. The summed E-state index contributed by atoms with van der Waals surface area (Å²) in [6, 6.07) is 11.6. The molecule has 3 rings (SSSR count). The number of aromatic hydroxyl groups is 1. The van der Waals surface area contributed by atoms with Crippen molar-refractivity contribution >= 4 is 0 Å². The second-order valence-corrected chi connectivity index (χ2v) is 5.04. The zero-order valence-electron chi connectivity index (χ0n) is 12.0. The summed E-state index contributed by atoms with van der Waals surface area (Å²) in [5.74, 6) is 2.47. The molecule has 0 aliphatic carbocycles. The average molecular weight is 286 g/mol. The highest BCUT2D eigenvalue weighted by Gasteiger charge is 2.16. The van der Waals surface area contributed by atoms with Gasteiger partial charge in [0.15, 0.2) is 11.5 Å². The molecule has 1 N–H and O–H groups in total. The van der Waals surface area contributed by atoms with Gasteiger partial charge in [0.25, 0.3) is 0 Å². The first kappa shape index (κ1) is 13.6. The molecule has 4 nitrogen and oxygen atoms in total. The monoisotopic (exact) mass is 286 g/mol. The summed E-state index contributed by atoms with van der Waals surface area (Å²) in [5.41, 5.74) is 2.16. The van der Waals surface area contributed by atoms with E-state index < -0.39 is 0 Å². The number of phenols is 1. The van der Waals surface area contributed by atoms with Gasteiger partial charge < -0.3 is 19.3 Å². The van der Waals surface area contributed by atoms with Crippen molar-refractivity contribution in [2.24, 2.45) is 0 Å². The molecular weight excluding hydrogens is 268 g/mol. The molecule has 0 atom stereocenters. The van der Waals surface area contributed by atoms with E-state index in [2.05, 4.69) is 12.1 Å². The third kappa shape index (κ3) is 3.05. The summed E-state index contributed by atoms with van der Waals surface area (Å²) in [5, 5.41) is 9.99. The number of fused-ring (bicyclic) bond motifs is 1. The molecule has 2 aromatic rings. The lowest BCUT2D eigenvalue weighted by atomic mass is 10.0. The number of rotatable bonds is 5. The van der Waals surface area contributed by atoms with E-state index in [0.717, 1.165) is 30.6 Å². The van der Waals surface area contributed by atoms with Gasteiger partial charge in [-0.05, 0) is 48.6 Å². The number of hydrogen-bond acceptors (Lipinski definition) is 4. The first-order valence-corrected chi connectivity index (χ1v) is 7.00. The van der Waals surface area contributed by atoms with Crippen LogP contribution in [0, 0.1) is 0 Å². The van der Waals surface area contributed by atoms with Gasteiger partial charge in [-0.25, -0.2) is 0 Å². The van der Waals surface area contributed by atoms with Crippen molar-refractivity contribution in [1.29, 1.82) is 0 Å². The van der Waals surface area contributed by atoms with Crippen molar-refractivity contribution in [1.82, 2.24) is 0 Å². The zero-order valence-corrected chi connectivity index (χ0v) is 12.0. The normalized spacial score (nSPS) is 12.4. The molecule has 1 aliphatic rings. The number of methoxy groups -OCH3 is 1. The number of benzene rings is 2. The van der Waals surface area contributed by atoms with Gasteiger partial charge in [0.2, 0.25) is 6.79 Å². The minimum Gasteiger partial charge on any atom is -0.508 e. The molecule has 0 fully saturated rings. The molecule has 4 heteroatoms. The molecule has 0 aromatic heterocycles.